The van der Waals surface area contributed by atoms with Crippen molar-refractivity contribution < 1.29 is 0 Å². The second-order valence-corrected chi connectivity index (χ2v) is 4.86. The molecule has 20 heavy (non-hydrogen) atoms. The van der Waals surface area contributed by atoms with Gasteiger partial charge in [0.15, 0.2) is 5.96 Å². The topological polar surface area (TPSA) is 84.4 Å². The number of hydrogen-bond acceptors (Lipinski definition) is 4. The van der Waals surface area contributed by atoms with Gasteiger partial charge in [-0.15, -0.1) is 29.1 Å². The van der Waals surface area contributed by atoms with Crippen molar-refractivity contribution in [3.8, 4) is 0 Å². The minimum Gasteiger partial charge on any atom is -0.370 e. The fraction of sp³-hybridized carbons (Fsp3) is 0.750. The minimum atomic E-state index is 0. The van der Waals surface area contributed by atoms with Crippen LogP contribution in [0.1, 0.15) is 25.5 Å². The Bertz CT molecular complexity index is 431. The first kappa shape index (κ1) is 17.2. The van der Waals surface area contributed by atoms with Crippen LogP contribution in [0.25, 0.3) is 0 Å². The summed E-state index contributed by atoms with van der Waals surface area (Å²) < 4.78 is 1.70. The third-order valence-electron chi connectivity index (χ3n) is 3.64. The molecule has 0 bridgehead atoms. The number of likely N-dealkylation sites (tertiary alicyclic amines) is 1. The van der Waals surface area contributed by atoms with E-state index in [0.29, 0.717) is 18.5 Å². The molecule has 1 saturated heterocycles. The summed E-state index contributed by atoms with van der Waals surface area (Å²) in [7, 11) is 1.85. The van der Waals surface area contributed by atoms with Crippen LogP contribution in [-0.2, 0) is 13.6 Å². The van der Waals surface area contributed by atoms with Gasteiger partial charge >= 0.3 is 0 Å². The normalized spacial score (nSPS) is 19.9. The molecule has 0 radical (unpaired) electrons. The molecule has 0 aliphatic carbocycles. The molecule has 1 aliphatic rings. The fourth-order valence-electron chi connectivity index (χ4n) is 2.44. The lowest BCUT2D eigenvalue weighted by Crippen LogP contribution is -2.42. The summed E-state index contributed by atoms with van der Waals surface area (Å²) in [5.41, 5.74) is 6.82. The molecule has 114 valence electrons. The molecule has 1 aromatic rings. The van der Waals surface area contributed by atoms with Crippen LogP contribution < -0.4 is 11.1 Å². The molecule has 1 aromatic heterocycles. The number of aliphatic imine (C=N–C) groups is 1. The van der Waals surface area contributed by atoms with Gasteiger partial charge in [-0.25, -0.2) is 4.99 Å². The SMILES string of the molecule is CCN1CCCC1CNC(N)=NCc1cnnn1C.I. The Morgan fingerprint density at radius 2 is 2.40 bits per heavy atom. The van der Waals surface area contributed by atoms with E-state index in [4.69, 9.17) is 5.73 Å². The summed E-state index contributed by atoms with van der Waals surface area (Å²) >= 11 is 0. The molecular weight excluding hydrogens is 369 g/mol. The third kappa shape index (κ3) is 4.58. The fourth-order valence-corrected chi connectivity index (χ4v) is 2.44. The van der Waals surface area contributed by atoms with Gasteiger partial charge in [0.2, 0.25) is 0 Å². The van der Waals surface area contributed by atoms with Crippen LogP contribution >= 0.6 is 24.0 Å². The summed E-state index contributed by atoms with van der Waals surface area (Å²) in [6, 6.07) is 0.581. The number of likely N-dealkylation sites (N-methyl/N-ethyl adjacent to an activating group) is 1. The summed E-state index contributed by atoms with van der Waals surface area (Å²) in [5.74, 6) is 0.490. The predicted molar refractivity (Wildman–Crippen MR) is 90.0 cm³/mol. The maximum absolute atomic E-state index is 5.88. The second kappa shape index (κ2) is 8.40. The lowest BCUT2D eigenvalue weighted by Gasteiger charge is -2.23. The molecule has 8 heteroatoms. The quantitative estimate of drug-likeness (QED) is 0.428. The maximum atomic E-state index is 5.88. The first-order valence-corrected chi connectivity index (χ1v) is 6.82. The molecule has 2 heterocycles. The molecule has 0 aromatic carbocycles. The molecule has 0 amide bonds. The molecule has 0 saturated carbocycles. The average Bonchev–Trinajstić information content (AvgIpc) is 3.02. The highest BCUT2D eigenvalue weighted by atomic mass is 127. The zero-order chi connectivity index (χ0) is 13.7. The molecule has 1 atom stereocenters. The largest absolute Gasteiger partial charge is 0.370 e. The van der Waals surface area contributed by atoms with Crippen LogP contribution in [-0.4, -0.2) is 51.5 Å². The van der Waals surface area contributed by atoms with E-state index in [0.717, 1.165) is 18.8 Å². The van der Waals surface area contributed by atoms with Crippen molar-refractivity contribution in [3.63, 3.8) is 0 Å². The molecule has 7 nitrogen and oxygen atoms in total. The maximum Gasteiger partial charge on any atom is 0.189 e. The summed E-state index contributed by atoms with van der Waals surface area (Å²) in [5, 5.41) is 10.9. The van der Waals surface area contributed by atoms with Gasteiger partial charge in [0.1, 0.15) is 0 Å². The molecule has 1 aliphatic heterocycles. The lowest BCUT2D eigenvalue weighted by atomic mass is 10.2. The van der Waals surface area contributed by atoms with E-state index in [9.17, 15) is 0 Å². The van der Waals surface area contributed by atoms with Crippen LogP contribution in [0.3, 0.4) is 0 Å². The van der Waals surface area contributed by atoms with Crippen LogP contribution in [0.5, 0.6) is 0 Å². The number of aromatic nitrogens is 3. The number of nitrogens with two attached hydrogens (primary N) is 1. The van der Waals surface area contributed by atoms with Crippen molar-refractivity contribution in [2.75, 3.05) is 19.6 Å². The zero-order valence-corrected chi connectivity index (χ0v) is 14.4. The summed E-state index contributed by atoms with van der Waals surface area (Å²) in [6.07, 6.45) is 4.21. The zero-order valence-electron chi connectivity index (χ0n) is 12.1. The van der Waals surface area contributed by atoms with E-state index in [-0.39, 0.29) is 24.0 Å². The van der Waals surface area contributed by atoms with Crippen LogP contribution in [0.2, 0.25) is 0 Å². The number of rotatable bonds is 5. The number of guanidine groups is 1. The van der Waals surface area contributed by atoms with Gasteiger partial charge in [-0.05, 0) is 25.9 Å². The van der Waals surface area contributed by atoms with Crippen molar-refractivity contribution >= 4 is 29.9 Å². The van der Waals surface area contributed by atoms with Gasteiger partial charge in [-0.2, -0.15) is 0 Å². The Hall–Kier alpha value is -0.900. The second-order valence-electron chi connectivity index (χ2n) is 4.86. The minimum absolute atomic E-state index is 0. The predicted octanol–water partition coefficient (Wildman–Crippen LogP) is 0.322. The van der Waals surface area contributed by atoms with E-state index in [1.165, 1.54) is 19.4 Å². The van der Waals surface area contributed by atoms with Crippen LogP contribution in [0, 0.1) is 0 Å². The smallest absolute Gasteiger partial charge is 0.189 e. The number of nitrogens with one attached hydrogen (secondary N) is 1. The van der Waals surface area contributed by atoms with Crippen LogP contribution in [0.4, 0.5) is 0 Å². The summed E-state index contributed by atoms with van der Waals surface area (Å²) in [4.78, 5) is 6.78. The number of halogens is 1. The van der Waals surface area contributed by atoms with E-state index >= 15 is 0 Å². The van der Waals surface area contributed by atoms with Crippen molar-refractivity contribution in [3.05, 3.63) is 11.9 Å². The van der Waals surface area contributed by atoms with E-state index in [1.54, 1.807) is 10.9 Å². The molecule has 2 rings (SSSR count). The highest BCUT2D eigenvalue weighted by Crippen LogP contribution is 2.15. The van der Waals surface area contributed by atoms with Crippen molar-refractivity contribution in [2.45, 2.75) is 32.4 Å². The monoisotopic (exact) mass is 393 g/mol. The first-order valence-electron chi connectivity index (χ1n) is 6.82. The van der Waals surface area contributed by atoms with Gasteiger partial charge in [0, 0.05) is 19.6 Å². The van der Waals surface area contributed by atoms with Gasteiger partial charge in [0.05, 0.1) is 18.4 Å². The Morgan fingerprint density at radius 1 is 1.60 bits per heavy atom. The average molecular weight is 393 g/mol. The number of aryl methyl sites for hydroxylation is 1. The van der Waals surface area contributed by atoms with Crippen molar-refractivity contribution in [1.29, 1.82) is 0 Å². The lowest BCUT2D eigenvalue weighted by molar-refractivity contribution is 0.267. The molecule has 1 fully saturated rings. The molecule has 3 N–H and O–H groups in total. The number of hydrogen-bond donors (Lipinski definition) is 2. The molecule has 1 unspecified atom stereocenters. The Balaban J connectivity index is 0.00000200. The van der Waals surface area contributed by atoms with Crippen LogP contribution in [0.15, 0.2) is 11.2 Å². The standard InChI is InChI=1S/C12H23N7.HI/c1-3-19-6-4-5-10(19)7-14-12(13)15-8-11-9-16-17-18(11)2;/h9-10H,3-8H2,1-2H3,(H3,13,14,15);1H. The van der Waals surface area contributed by atoms with Gasteiger partial charge in [-0.3, -0.25) is 9.58 Å². The molecule has 0 spiro atoms. The Morgan fingerprint density at radius 3 is 3.05 bits per heavy atom. The van der Waals surface area contributed by atoms with E-state index < -0.39 is 0 Å². The van der Waals surface area contributed by atoms with E-state index in [1.807, 2.05) is 7.05 Å². The van der Waals surface area contributed by atoms with E-state index in [2.05, 4.69) is 32.4 Å². The molecular formula is C12H24IN7. The van der Waals surface area contributed by atoms with Gasteiger partial charge in [0.25, 0.3) is 0 Å². The first-order chi connectivity index (χ1) is 9.20. The Kier molecular flexibility index (Phi) is 7.20. The number of nitrogens with zero attached hydrogens (tertiary/aromatic N) is 5. The highest BCUT2D eigenvalue weighted by molar-refractivity contribution is 14.0. The van der Waals surface area contributed by atoms with Crippen molar-refractivity contribution in [1.82, 2.24) is 25.2 Å². The third-order valence-corrected chi connectivity index (χ3v) is 3.64. The van der Waals surface area contributed by atoms with Crippen molar-refractivity contribution in [2.24, 2.45) is 17.8 Å². The van der Waals surface area contributed by atoms with Gasteiger partial charge in [-0.1, -0.05) is 12.1 Å². The highest BCUT2D eigenvalue weighted by Gasteiger charge is 2.22. The Labute approximate surface area is 137 Å². The van der Waals surface area contributed by atoms with Gasteiger partial charge < -0.3 is 11.1 Å². The summed E-state index contributed by atoms with van der Waals surface area (Å²) in [6.45, 7) is 5.87.